The molecule has 1 unspecified atom stereocenters. The summed E-state index contributed by atoms with van der Waals surface area (Å²) in [5.41, 5.74) is 2.18. The molecule has 0 saturated carbocycles. The van der Waals surface area contributed by atoms with Crippen molar-refractivity contribution in [2.45, 2.75) is 6.10 Å². The SMILES string of the molecule is COc1c(C(=O)NCC(O)CN(C)C)n(-c2ccccc2)c2ccccc12. The van der Waals surface area contributed by atoms with E-state index in [2.05, 4.69) is 5.32 Å². The van der Waals surface area contributed by atoms with Crippen LogP contribution in [0.1, 0.15) is 10.5 Å². The molecule has 1 atom stereocenters. The number of aliphatic hydroxyl groups excluding tert-OH is 1. The first-order valence-corrected chi connectivity index (χ1v) is 8.86. The minimum atomic E-state index is -0.649. The average molecular weight is 367 g/mol. The number of benzene rings is 2. The number of aromatic nitrogens is 1. The molecule has 2 N–H and O–H groups in total. The van der Waals surface area contributed by atoms with Crippen LogP contribution in [-0.2, 0) is 0 Å². The molecule has 0 aliphatic heterocycles. The van der Waals surface area contributed by atoms with Crippen LogP contribution in [0.5, 0.6) is 5.75 Å². The maximum absolute atomic E-state index is 13.0. The molecule has 2 aromatic carbocycles. The topological polar surface area (TPSA) is 66.7 Å². The van der Waals surface area contributed by atoms with Crippen molar-refractivity contribution in [1.29, 1.82) is 0 Å². The number of methoxy groups -OCH3 is 1. The van der Waals surface area contributed by atoms with Crippen molar-refractivity contribution in [2.24, 2.45) is 0 Å². The molecule has 0 radical (unpaired) electrons. The van der Waals surface area contributed by atoms with Crippen LogP contribution >= 0.6 is 0 Å². The van der Waals surface area contributed by atoms with Crippen LogP contribution in [0.4, 0.5) is 0 Å². The van der Waals surface area contributed by atoms with Crippen LogP contribution in [-0.4, -0.2) is 60.9 Å². The highest BCUT2D eigenvalue weighted by molar-refractivity contribution is 6.05. The van der Waals surface area contributed by atoms with Gasteiger partial charge in [0.2, 0.25) is 0 Å². The predicted octanol–water partition coefficient (Wildman–Crippen LogP) is 2.29. The molecule has 1 amide bonds. The lowest BCUT2D eigenvalue weighted by Crippen LogP contribution is -2.38. The number of fused-ring (bicyclic) bond motifs is 1. The Hall–Kier alpha value is -2.83. The Morgan fingerprint density at radius 1 is 1.15 bits per heavy atom. The summed E-state index contributed by atoms with van der Waals surface area (Å²) >= 11 is 0. The van der Waals surface area contributed by atoms with E-state index in [1.165, 1.54) is 0 Å². The van der Waals surface area contributed by atoms with Gasteiger partial charge in [-0.25, -0.2) is 0 Å². The lowest BCUT2D eigenvalue weighted by atomic mass is 10.2. The monoisotopic (exact) mass is 367 g/mol. The normalized spacial score (nSPS) is 12.3. The van der Waals surface area contributed by atoms with Gasteiger partial charge in [0.1, 0.15) is 0 Å². The number of rotatable bonds is 7. The number of para-hydroxylation sites is 2. The van der Waals surface area contributed by atoms with E-state index in [4.69, 9.17) is 4.74 Å². The number of nitrogens with zero attached hydrogens (tertiary/aromatic N) is 2. The molecule has 1 aromatic heterocycles. The van der Waals surface area contributed by atoms with Crippen molar-refractivity contribution < 1.29 is 14.6 Å². The Bertz CT molecular complexity index is 919. The Morgan fingerprint density at radius 3 is 2.48 bits per heavy atom. The zero-order chi connectivity index (χ0) is 19.4. The van der Waals surface area contributed by atoms with Crippen LogP contribution in [0, 0.1) is 0 Å². The molecule has 0 bridgehead atoms. The van der Waals surface area contributed by atoms with E-state index in [0.717, 1.165) is 16.6 Å². The standard InChI is InChI=1S/C21H25N3O3/c1-23(2)14-16(25)13-22-21(26)19-20(27-3)17-11-7-8-12-18(17)24(19)15-9-5-4-6-10-15/h4-12,16,25H,13-14H2,1-3H3,(H,22,26). The molecule has 142 valence electrons. The largest absolute Gasteiger partial charge is 0.494 e. The van der Waals surface area contributed by atoms with E-state index >= 15 is 0 Å². The summed E-state index contributed by atoms with van der Waals surface area (Å²) < 4.78 is 7.49. The maximum atomic E-state index is 13.0. The van der Waals surface area contributed by atoms with Crippen LogP contribution < -0.4 is 10.1 Å². The third-order valence-electron chi connectivity index (χ3n) is 4.34. The number of hydrogen-bond donors (Lipinski definition) is 2. The molecule has 0 aliphatic rings. The Labute approximate surface area is 159 Å². The lowest BCUT2D eigenvalue weighted by Gasteiger charge is -2.17. The lowest BCUT2D eigenvalue weighted by molar-refractivity contribution is 0.0883. The summed E-state index contributed by atoms with van der Waals surface area (Å²) in [7, 11) is 5.32. The molecule has 27 heavy (non-hydrogen) atoms. The van der Waals surface area contributed by atoms with Gasteiger partial charge in [-0.1, -0.05) is 30.3 Å². The number of aliphatic hydroxyl groups is 1. The minimum Gasteiger partial charge on any atom is -0.494 e. The first-order valence-electron chi connectivity index (χ1n) is 8.86. The molecular formula is C21H25N3O3. The third kappa shape index (κ3) is 3.97. The first-order chi connectivity index (χ1) is 13.0. The van der Waals surface area contributed by atoms with Crippen LogP contribution in [0.3, 0.4) is 0 Å². The van der Waals surface area contributed by atoms with Gasteiger partial charge in [0.05, 0.1) is 18.7 Å². The Kier molecular flexibility index (Phi) is 5.78. The van der Waals surface area contributed by atoms with Gasteiger partial charge in [0.15, 0.2) is 11.4 Å². The fraction of sp³-hybridized carbons (Fsp3) is 0.286. The Morgan fingerprint density at radius 2 is 1.81 bits per heavy atom. The molecule has 1 heterocycles. The molecule has 0 aliphatic carbocycles. The highest BCUT2D eigenvalue weighted by Crippen LogP contribution is 2.35. The third-order valence-corrected chi connectivity index (χ3v) is 4.34. The van der Waals surface area contributed by atoms with E-state index in [0.29, 0.717) is 18.0 Å². The highest BCUT2D eigenvalue weighted by atomic mass is 16.5. The van der Waals surface area contributed by atoms with Gasteiger partial charge in [0.25, 0.3) is 5.91 Å². The fourth-order valence-corrected chi connectivity index (χ4v) is 3.25. The average Bonchev–Trinajstić information content (AvgIpc) is 3.00. The van der Waals surface area contributed by atoms with E-state index in [9.17, 15) is 9.90 Å². The van der Waals surface area contributed by atoms with Crippen LogP contribution in [0.15, 0.2) is 54.6 Å². The second-order valence-electron chi connectivity index (χ2n) is 6.70. The smallest absolute Gasteiger partial charge is 0.272 e. The number of hydrogen-bond acceptors (Lipinski definition) is 4. The highest BCUT2D eigenvalue weighted by Gasteiger charge is 2.24. The Balaban J connectivity index is 2.04. The van der Waals surface area contributed by atoms with E-state index in [1.54, 1.807) is 7.11 Å². The first kappa shape index (κ1) is 18.9. The van der Waals surface area contributed by atoms with Gasteiger partial charge < -0.3 is 24.6 Å². The molecule has 3 rings (SSSR count). The van der Waals surface area contributed by atoms with E-state index in [-0.39, 0.29) is 12.5 Å². The van der Waals surface area contributed by atoms with Crippen molar-refractivity contribution in [3.05, 3.63) is 60.3 Å². The summed E-state index contributed by atoms with van der Waals surface area (Å²) in [6.07, 6.45) is -0.649. The maximum Gasteiger partial charge on any atom is 0.272 e. The van der Waals surface area contributed by atoms with Gasteiger partial charge in [-0.15, -0.1) is 0 Å². The molecule has 0 saturated heterocycles. The van der Waals surface area contributed by atoms with Crippen molar-refractivity contribution in [3.8, 4) is 11.4 Å². The molecular weight excluding hydrogens is 342 g/mol. The summed E-state index contributed by atoms with van der Waals surface area (Å²) in [6.45, 7) is 0.634. The zero-order valence-corrected chi connectivity index (χ0v) is 15.8. The number of carbonyl (C=O) groups is 1. The van der Waals surface area contributed by atoms with Gasteiger partial charge in [0, 0.05) is 24.2 Å². The number of nitrogens with one attached hydrogen (secondary N) is 1. The number of ether oxygens (including phenoxy) is 1. The van der Waals surface area contributed by atoms with Crippen molar-refractivity contribution in [2.75, 3.05) is 34.3 Å². The summed E-state index contributed by atoms with van der Waals surface area (Å²) in [6, 6.07) is 17.4. The van der Waals surface area contributed by atoms with Crippen molar-refractivity contribution in [1.82, 2.24) is 14.8 Å². The molecule has 0 spiro atoms. The summed E-state index contributed by atoms with van der Waals surface area (Å²) in [5, 5.41) is 13.8. The number of carbonyl (C=O) groups excluding carboxylic acids is 1. The molecule has 6 nitrogen and oxygen atoms in total. The van der Waals surface area contributed by atoms with Gasteiger partial charge >= 0.3 is 0 Å². The fourth-order valence-electron chi connectivity index (χ4n) is 3.25. The van der Waals surface area contributed by atoms with Crippen molar-refractivity contribution in [3.63, 3.8) is 0 Å². The second kappa shape index (κ2) is 8.24. The molecule has 3 aromatic rings. The number of likely N-dealkylation sites (N-methyl/N-ethyl adjacent to an activating group) is 1. The summed E-state index contributed by atoms with van der Waals surface area (Å²) in [5.74, 6) is 0.235. The van der Waals surface area contributed by atoms with Gasteiger partial charge in [-0.05, 0) is 38.4 Å². The van der Waals surface area contributed by atoms with E-state index < -0.39 is 6.10 Å². The van der Waals surface area contributed by atoms with Crippen molar-refractivity contribution >= 4 is 16.8 Å². The van der Waals surface area contributed by atoms with Gasteiger partial charge in [-0.2, -0.15) is 0 Å². The minimum absolute atomic E-state index is 0.163. The van der Waals surface area contributed by atoms with Crippen LogP contribution in [0.2, 0.25) is 0 Å². The number of amides is 1. The zero-order valence-electron chi connectivity index (χ0n) is 15.8. The quantitative estimate of drug-likeness (QED) is 0.672. The molecule has 6 heteroatoms. The van der Waals surface area contributed by atoms with E-state index in [1.807, 2.05) is 78.2 Å². The predicted molar refractivity (Wildman–Crippen MR) is 107 cm³/mol. The second-order valence-corrected chi connectivity index (χ2v) is 6.70. The van der Waals surface area contributed by atoms with Gasteiger partial charge in [-0.3, -0.25) is 4.79 Å². The van der Waals surface area contributed by atoms with Crippen LogP contribution in [0.25, 0.3) is 16.6 Å². The molecule has 0 fully saturated rings. The summed E-state index contributed by atoms with van der Waals surface area (Å²) in [4.78, 5) is 14.9.